The van der Waals surface area contributed by atoms with Gasteiger partial charge in [-0.05, 0) is 45.1 Å². The van der Waals surface area contributed by atoms with Gasteiger partial charge >= 0.3 is 0 Å². The molecule has 2 rings (SSSR count). The van der Waals surface area contributed by atoms with Crippen molar-refractivity contribution in [2.45, 2.75) is 58.5 Å². The van der Waals surface area contributed by atoms with Gasteiger partial charge in [0.25, 0.3) is 5.56 Å². The van der Waals surface area contributed by atoms with E-state index in [2.05, 4.69) is 10.4 Å². The van der Waals surface area contributed by atoms with Crippen LogP contribution in [-0.4, -0.2) is 21.7 Å². The molecule has 0 aliphatic heterocycles. The van der Waals surface area contributed by atoms with Crippen molar-refractivity contribution in [3.63, 3.8) is 0 Å². The topological polar surface area (TPSA) is 64.0 Å². The number of amides is 1. The smallest absolute Gasteiger partial charge is 0.267 e. The molecule has 104 valence electrons. The fourth-order valence-corrected chi connectivity index (χ4v) is 2.39. The summed E-state index contributed by atoms with van der Waals surface area (Å²) in [5.74, 6) is -0.168. The number of nitrogens with one attached hydrogen (secondary N) is 1. The normalized spacial score (nSPS) is 14.9. The van der Waals surface area contributed by atoms with E-state index < -0.39 is 0 Å². The molecule has 0 bridgehead atoms. The number of fused-ring (bicyclic) bond motifs is 1. The molecule has 0 spiro atoms. The fraction of sp³-hybridized carbons (Fsp3) is 0.643. The van der Waals surface area contributed by atoms with Gasteiger partial charge in [-0.25, -0.2) is 4.68 Å². The standard InChI is InChI=1S/C14H21N3O2/c1-10(2)15-13(18)9-17-14(19)8-11-6-4-3-5-7-12(11)16-17/h8,10H,3-7,9H2,1-2H3,(H,15,18). The summed E-state index contributed by atoms with van der Waals surface area (Å²) in [6, 6.07) is 1.72. The maximum atomic E-state index is 11.9. The van der Waals surface area contributed by atoms with Gasteiger partial charge in [-0.15, -0.1) is 0 Å². The first-order valence-electron chi connectivity index (χ1n) is 6.95. The number of aromatic nitrogens is 2. The van der Waals surface area contributed by atoms with Gasteiger partial charge in [0, 0.05) is 12.1 Å². The van der Waals surface area contributed by atoms with E-state index in [0.717, 1.165) is 36.9 Å². The van der Waals surface area contributed by atoms with Crippen molar-refractivity contribution in [1.82, 2.24) is 15.1 Å². The molecule has 1 heterocycles. The van der Waals surface area contributed by atoms with Crippen LogP contribution in [0.3, 0.4) is 0 Å². The number of nitrogens with zero attached hydrogens (tertiary/aromatic N) is 2. The third-order valence-electron chi connectivity index (χ3n) is 3.27. The molecule has 1 aliphatic rings. The quantitative estimate of drug-likeness (QED) is 0.829. The van der Waals surface area contributed by atoms with Gasteiger partial charge in [-0.1, -0.05) is 6.42 Å². The lowest BCUT2D eigenvalue weighted by Gasteiger charge is -2.11. The first-order valence-corrected chi connectivity index (χ1v) is 6.95. The molecule has 5 heteroatoms. The van der Waals surface area contributed by atoms with E-state index in [1.54, 1.807) is 6.07 Å². The molecule has 1 N–H and O–H groups in total. The first kappa shape index (κ1) is 13.8. The van der Waals surface area contributed by atoms with E-state index >= 15 is 0 Å². The number of carbonyl (C=O) groups excluding carboxylic acids is 1. The van der Waals surface area contributed by atoms with Crippen LogP contribution in [0.5, 0.6) is 0 Å². The van der Waals surface area contributed by atoms with E-state index in [4.69, 9.17) is 0 Å². The van der Waals surface area contributed by atoms with Crippen LogP contribution in [0, 0.1) is 0 Å². The zero-order valence-corrected chi connectivity index (χ0v) is 11.6. The van der Waals surface area contributed by atoms with E-state index in [-0.39, 0.29) is 24.1 Å². The zero-order valence-electron chi connectivity index (χ0n) is 11.6. The lowest BCUT2D eigenvalue weighted by Crippen LogP contribution is -2.37. The van der Waals surface area contributed by atoms with Crippen LogP contribution in [0.1, 0.15) is 44.4 Å². The second kappa shape index (κ2) is 5.99. The highest BCUT2D eigenvalue weighted by atomic mass is 16.2. The highest BCUT2D eigenvalue weighted by molar-refractivity contribution is 5.75. The van der Waals surface area contributed by atoms with E-state index in [1.807, 2.05) is 13.8 Å². The molecule has 19 heavy (non-hydrogen) atoms. The molecule has 0 atom stereocenters. The summed E-state index contributed by atoms with van der Waals surface area (Å²) < 4.78 is 1.28. The predicted molar refractivity (Wildman–Crippen MR) is 73.0 cm³/mol. The molecule has 1 amide bonds. The average molecular weight is 263 g/mol. The van der Waals surface area contributed by atoms with Crippen molar-refractivity contribution in [1.29, 1.82) is 0 Å². The third-order valence-corrected chi connectivity index (χ3v) is 3.27. The highest BCUT2D eigenvalue weighted by Crippen LogP contribution is 2.16. The molecule has 5 nitrogen and oxygen atoms in total. The molecular formula is C14H21N3O2. The Kier molecular flexibility index (Phi) is 4.35. The maximum absolute atomic E-state index is 11.9. The third kappa shape index (κ3) is 3.66. The minimum absolute atomic E-state index is 0.00426. The molecule has 0 aromatic carbocycles. The number of aryl methyl sites for hydroxylation is 2. The van der Waals surface area contributed by atoms with E-state index in [1.165, 1.54) is 11.1 Å². The molecule has 0 saturated heterocycles. The molecular weight excluding hydrogens is 242 g/mol. The first-order chi connectivity index (χ1) is 9.06. The minimum Gasteiger partial charge on any atom is -0.352 e. The molecule has 1 aliphatic carbocycles. The Balaban J connectivity index is 2.20. The number of hydrogen-bond donors (Lipinski definition) is 1. The van der Waals surface area contributed by atoms with Crippen molar-refractivity contribution in [2.24, 2.45) is 0 Å². The van der Waals surface area contributed by atoms with Crippen molar-refractivity contribution in [2.75, 3.05) is 0 Å². The fourth-order valence-electron chi connectivity index (χ4n) is 2.39. The average Bonchev–Trinajstić information content (AvgIpc) is 2.53. The van der Waals surface area contributed by atoms with Crippen LogP contribution >= 0.6 is 0 Å². The summed E-state index contributed by atoms with van der Waals surface area (Å²) in [5.41, 5.74) is 1.86. The number of hydrogen-bond acceptors (Lipinski definition) is 3. The number of rotatable bonds is 3. The second-order valence-corrected chi connectivity index (χ2v) is 5.40. The Morgan fingerprint density at radius 3 is 2.84 bits per heavy atom. The molecule has 1 aromatic rings. The predicted octanol–water partition coefficient (Wildman–Crippen LogP) is 1.04. The van der Waals surface area contributed by atoms with Gasteiger partial charge in [0.05, 0.1) is 5.69 Å². The van der Waals surface area contributed by atoms with Crippen molar-refractivity contribution < 1.29 is 4.79 Å². The maximum Gasteiger partial charge on any atom is 0.267 e. The summed E-state index contributed by atoms with van der Waals surface area (Å²) in [5, 5.41) is 7.14. The van der Waals surface area contributed by atoms with Gasteiger partial charge < -0.3 is 5.32 Å². The molecule has 0 radical (unpaired) electrons. The minimum atomic E-state index is -0.181. The van der Waals surface area contributed by atoms with Gasteiger partial charge in [0.2, 0.25) is 5.91 Å². The summed E-state index contributed by atoms with van der Waals surface area (Å²) in [6.45, 7) is 3.79. The zero-order chi connectivity index (χ0) is 13.8. The molecule has 0 unspecified atom stereocenters. The molecule has 0 fully saturated rings. The van der Waals surface area contributed by atoms with Crippen LogP contribution in [0.25, 0.3) is 0 Å². The Morgan fingerprint density at radius 1 is 1.37 bits per heavy atom. The summed E-state index contributed by atoms with van der Waals surface area (Å²) in [6.07, 6.45) is 5.23. The lowest BCUT2D eigenvalue weighted by molar-refractivity contribution is -0.122. The molecule has 1 aromatic heterocycles. The van der Waals surface area contributed by atoms with E-state index in [0.29, 0.717) is 0 Å². The highest BCUT2D eigenvalue weighted by Gasteiger charge is 2.13. The van der Waals surface area contributed by atoms with Crippen molar-refractivity contribution in [3.8, 4) is 0 Å². The monoisotopic (exact) mass is 263 g/mol. The van der Waals surface area contributed by atoms with Crippen LogP contribution in [0.4, 0.5) is 0 Å². The Morgan fingerprint density at radius 2 is 2.11 bits per heavy atom. The summed E-state index contributed by atoms with van der Waals surface area (Å²) in [7, 11) is 0. The molecule has 0 saturated carbocycles. The SMILES string of the molecule is CC(C)NC(=O)Cn1nc2c(cc1=O)CCCCC2. The van der Waals surface area contributed by atoms with Crippen molar-refractivity contribution in [3.05, 3.63) is 27.7 Å². The van der Waals surface area contributed by atoms with Gasteiger partial charge in [0.15, 0.2) is 0 Å². The van der Waals surface area contributed by atoms with Gasteiger partial charge in [0.1, 0.15) is 6.54 Å². The van der Waals surface area contributed by atoms with Crippen LogP contribution < -0.4 is 10.9 Å². The second-order valence-electron chi connectivity index (χ2n) is 5.40. The van der Waals surface area contributed by atoms with Gasteiger partial charge in [-0.3, -0.25) is 9.59 Å². The summed E-state index contributed by atoms with van der Waals surface area (Å²) >= 11 is 0. The Labute approximate surface area is 113 Å². The van der Waals surface area contributed by atoms with Crippen molar-refractivity contribution >= 4 is 5.91 Å². The Bertz CT molecular complexity index is 520. The Hall–Kier alpha value is -1.65. The van der Waals surface area contributed by atoms with E-state index in [9.17, 15) is 9.59 Å². The number of carbonyl (C=O) groups is 1. The largest absolute Gasteiger partial charge is 0.352 e. The van der Waals surface area contributed by atoms with Crippen LogP contribution in [0.2, 0.25) is 0 Å². The van der Waals surface area contributed by atoms with Crippen LogP contribution in [-0.2, 0) is 24.2 Å². The lowest BCUT2D eigenvalue weighted by atomic mass is 10.1. The van der Waals surface area contributed by atoms with Gasteiger partial charge in [-0.2, -0.15) is 5.10 Å². The van der Waals surface area contributed by atoms with Crippen LogP contribution in [0.15, 0.2) is 10.9 Å². The summed E-state index contributed by atoms with van der Waals surface area (Å²) in [4.78, 5) is 23.6.